The molecule has 0 heterocycles. The molecule has 0 aromatic heterocycles. The second-order valence-corrected chi connectivity index (χ2v) is 7.97. The van der Waals surface area contributed by atoms with Crippen molar-refractivity contribution in [2.24, 2.45) is 0 Å². The lowest BCUT2D eigenvalue weighted by Gasteiger charge is -2.10. The molecule has 1 amide bonds. The van der Waals surface area contributed by atoms with E-state index in [-0.39, 0.29) is 15.5 Å². The summed E-state index contributed by atoms with van der Waals surface area (Å²) in [6, 6.07) is 14.2. The van der Waals surface area contributed by atoms with Crippen LogP contribution in [0.5, 0.6) is 0 Å². The molecule has 148 valence electrons. The van der Waals surface area contributed by atoms with Crippen molar-refractivity contribution in [3.05, 3.63) is 83.7 Å². The van der Waals surface area contributed by atoms with Crippen LogP contribution in [0, 0.1) is 5.82 Å². The molecule has 0 fully saturated rings. The van der Waals surface area contributed by atoms with E-state index in [1.54, 1.807) is 0 Å². The number of amides is 1. The number of sulfone groups is 1. The molecule has 0 saturated carbocycles. The standard InChI is InChI=1S/C20H15FN2O5S/c21-17-3-1-2-16(20(25)26)18(17)19(24)23-13-6-10-15(11-7-13)29(27,28)14-8-4-12(22)5-9-14/h1-11H,22H2,(H,23,24)(H,25,26). The van der Waals surface area contributed by atoms with E-state index in [1.807, 2.05) is 0 Å². The maximum Gasteiger partial charge on any atom is 0.336 e. The number of nitrogens with two attached hydrogens (primary N) is 1. The Balaban J connectivity index is 1.86. The van der Waals surface area contributed by atoms with Gasteiger partial charge in [-0.05, 0) is 60.7 Å². The molecule has 0 radical (unpaired) electrons. The minimum atomic E-state index is -3.78. The van der Waals surface area contributed by atoms with Crippen molar-refractivity contribution in [2.45, 2.75) is 9.79 Å². The molecule has 0 atom stereocenters. The molecule has 0 aliphatic carbocycles. The van der Waals surface area contributed by atoms with Crippen LogP contribution in [0.2, 0.25) is 0 Å². The number of benzene rings is 3. The highest BCUT2D eigenvalue weighted by Crippen LogP contribution is 2.24. The maximum atomic E-state index is 14.0. The Bertz CT molecular complexity index is 1190. The highest BCUT2D eigenvalue weighted by Gasteiger charge is 2.22. The lowest BCUT2D eigenvalue weighted by molar-refractivity contribution is 0.0691. The maximum absolute atomic E-state index is 14.0. The highest BCUT2D eigenvalue weighted by molar-refractivity contribution is 7.91. The van der Waals surface area contributed by atoms with Crippen molar-refractivity contribution in [3.8, 4) is 0 Å². The van der Waals surface area contributed by atoms with Gasteiger partial charge in [-0.25, -0.2) is 17.6 Å². The van der Waals surface area contributed by atoms with Crippen LogP contribution in [0.1, 0.15) is 20.7 Å². The molecule has 0 aliphatic heterocycles. The van der Waals surface area contributed by atoms with E-state index in [4.69, 9.17) is 10.8 Å². The average Bonchev–Trinajstić information content (AvgIpc) is 2.68. The number of nitrogens with one attached hydrogen (secondary N) is 1. The van der Waals surface area contributed by atoms with Gasteiger partial charge in [0.25, 0.3) is 5.91 Å². The van der Waals surface area contributed by atoms with Crippen LogP contribution in [0.3, 0.4) is 0 Å². The van der Waals surface area contributed by atoms with Gasteiger partial charge in [0.1, 0.15) is 5.82 Å². The van der Waals surface area contributed by atoms with Crippen molar-refractivity contribution in [1.82, 2.24) is 0 Å². The van der Waals surface area contributed by atoms with E-state index in [9.17, 15) is 22.4 Å². The molecule has 0 saturated heterocycles. The minimum Gasteiger partial charge on any atom is -0.478 e. The van der Waals surface area contributed by atoms with Crippen LogP contribution >= 0.6 is 0 Å². The van der Waals surface area contributed by atoms with Crippen LogP contribution in [-0.4, -0.2) is 25.4 Å². The molecule has 0 spiro atoms. The van der Waals surface area contributed by atoms with Gasteiger partial charge in [0, 0.05) is 11.4 Å². The van der Waals surface area contributed by atoms with Gasteiger partial charge in [0.2, 0.25) is 9.84 Å². The number of carbonyl (C=O) groups excluding carboxylic acids is 1. The molecule has 0 unspecified atom stereocenters. The van der Waals surface area contributed by atoms with Crippen molar-refractivity contribution < 1.29 is 27.5 Å². The number of carboxylic acid groups (broad SMARTS) is 1. The minimum absolute atomic E-state index is 0.0163. The Morgan fingerprint density at radius 2 is 1.45 bits per heavy atom. The Morgan fingerprint density at radius 3 is 2.00 bits per heavy atom. The largest absolute Gasteiger partial charge is 0.478 e. The number of hydrogen-bond donors (Lipinski definition) is 3. The summed E-state index contributed by atoms with van der Waals surface area (Å²) in [5.41, 5.74) is 5.07. The Hall–Kier alpha value is -3.72. The van der Waals surface area contributed by atoms with Crippen LogP contribution in [-0.2, 0) is 9.84 Å². The van der Waals surface area contributed by atoms with Crippen molar-refractivity contribution in [2.75, 3.05) is 11.1 Å². The molecule has 3 rings (SSSR count). The van der Waals surface area contributed by atoms with Gasteiger partial charge in [-0.1, -0.05) is 6.07 Å². The lowest BCUT2D eigenvalue weighted by atomic mass is 10.1. The molecule has 4 N–H and O–H groups in total. The smallest absolute Gasteiger partial charge is 0.336 e. The van der Waals surface area contributed by atoms with Gasteiger partial charge in [-0.3, -0.25) is 4.79 Å². The van der Waals surface area contributed by atoms with Crippen LogP contribution in [0.4, 0.5) is 15.8 Å². The molecule has 3 aromatic rings. The number of hydrogen-bond acceptors (Lipinski definition) is 5. The first kappa shape index (κ1) is 20.0. The molecule has 0 aliphatic rings. The second-order valence-electron chi connectivity index (χ2n) is 6.02. The van der Waals surface area contributed by atoms with E-state index in [0.717, 1.165) is 12.1 Å². The number of nitrogen functional groups attached to an aromatic ring is 1. The molecule has 29 heavy (non-hydrogen) atoms. The number of carboxylic acids is 1. The Labute approximate surface area is 165 Å². The van der Waals surface area contributed by atoms with Crippen LogP contribution < -0.4 is 11.1 Å². The fourth-order valence-corrected chi connectivity index (χ4v) is 3.89. The molecule has 0 bridgehead atoms. The monoisotopic (exact) mass is 414 g/mol. The van der Waals surface area contributed by atoms with E-state index >= 15 is 0 Å². The zero-order valence-electron chi connectivity index (χ0n) is 14.8. The summed E-state index contributed by atoms with van der Waals surface area (Å²) in [7, 11) is -3.78. The van der Waals surface area contributed by atoms with Gasteiger partial charge in [-0.15, -0.1) is 0 Å². The summed E-state index contributed by atoms with van der Waals surface area (Å²) >= 11 is 0. The first-order valence-corrected chi connectivity index (χ1v) is 9.72. The van der Waals surface area contributed by atoms with Gasteiger partial charge < -0.3 is 16.2 Å². The van der Waals surface area contributed by atoms with Crippen molar-refractivity contribution >= 4 is 33.1 Å². The van der Waals surface area contributed by atoms with Gasteiger partial charge in [-0.2, -0.15) is 0 Å². The molecular formula is C20H15FN2O5S. The normalized spacial score (nSPS) is 11.1. The van der Waals surface area contributed by atoms with E-state index in [2.05, 4.69) is 5.32 Å². The Morgan fingerprint density at radius 1 is 0.897 bits per heavy atom. The van der Waals surface area contributed by atoms with Gasteiger partial charge in [0.15, 0.2) is 0 Å². The van der Waals surface area contributed by atoms with Gasteiger partial charge in [0.05, 0.1) is 20.9 Å². The van der Waals surface area contributed by atoms with E-state index < -0.39 is 38.7 Å². The quantitative estimate of drug-likeness (QED) is 0.551. The number of rotatable bonds is 5. The number of carbonyl (C=O) groups is 2. The first-order valence-electron chi connectivity index (χ1n) is 8.24. The third-order valence-electron chi connectivity index (χ3n) is 4.08. The molecule has 3 aromatic carbocycles. The summed E-state index contributed by atoms with van der Waals surface area (Å²) in [6.45, 7) is 0. The van der Waals surface area contributed by atoms with Gasteiger partial charge >= 0.3 is 5.97 Å². The molecule has 9 heteroatoms. The zero-order chi connectivity index (χ0) is 21.2. The lowest BCUT2D eigenvalue weighted by Crippen LogP contribution is -2.18. The summed E-state index contributed by atoms with van der Waals surface area (Å²) in [6.07, 6.45) is 0. The predicted octanol–water partition coefficient (Wildman–Crippen LogP) is 3.19. The van der Waals surface area contributed by atoms with E-state index in [1.165, 1.54) is 54.6 Å². The summed E-state index contributed by atoms with van der Waals surface area (Å²) in [4.78, 5) is 23.6. The topological polar surface area (TPSA) is 127 Å². The fraction of sp³-hybridized carbons (Fsp3) is 0. The number of anilines is 2. The third-order valence-corrected chi connectivity index (χ3v) is 5.87. The van der Waals surface area contributed by atoms with Crippen LogP contribution in [0.15, 0.2) is 76.5 Å². The number of aromatic carboxylic acids is 1. The summed E-state index contributed by atoms with van der Waals surface area (Å²) in [5, 5.41) is 11.5. The third kappa shape index (κ3) is 4.09. The van der Waals surface area contributed by atoms with Crippen LogP contribution in [0.25, 0.3) is 0 Å². The Kier molecular flexibility index (Phi) is 5.33. The SMILES string of the molecule is Nc1ccc(S(=O)(=O)c2ccc(NC(=O)c3c(F)cccc3C(=O)O)cc2)cc1. The first-order chi connectivity index (χ1) is 13.7. The van der Waals surface area contributed by atoms with Crippen molar-refractivity contribution in [3.63, 3.8) is 0 Å². The predicted molar refractivity (Wildman–Crippen MR) is 104 cm³/mol. The summed E-state index contributed by atoms with van der Waals surface area (Å²) in [5.74, 6) is -3.39. The zero-order valence-corrected chi connectivity index (χ0v) is 15.6. The average molecular weight is 414 g/mol. The fourth-order valence-electron chi connectivity index (χ4n) is 2.63. The molecular weight excluding hydrogens is 399 g/mol. The number of halogens is 1. The van der Waals surface area contributed by atoms with Crippen molar-refractivity contribution in [1.29, 1.82) is 0 Å². The van der Waals surface area contributed by atoms with E-state index in [0.29, 0.717) is 5.69 Å². The molecule has 7 nitrogen and oxygen atoms in total. The second kappa shape index (κ2) is 7.72. The summed E-state index contributed by atoms with van der Waals surface area (Å²) < 4.78 is 39.2. The highest BCUT2D eigenvalue weighted by atomic mass is 32.2.